The minimum atomic E-state index is 0. The highest BCUT2D eigenvalue weighted by molar-refractivity contribution is 14.0. The second-order valence-corrected chi connectivity index (χ2v) is 8.49. The van der Waals surface area contributed by atoms with Crippen molar-refractivity contribution in [1.29, 1.82) is 0 Å². The normalized spacial score (nSPS) is 14.9. The molecule has 0 aromatic heterocycles. The third-order valence-corrected chi connectivity index (χ3v) is 5.83. The van der Waals surface area contributed by atoms with E-state index < -0.39 is 0 Å². The molecule has 0 saturated carbocycles. The minimum absolute atomic E-state index is 0. The lowest BCUT2D eigenvalue weighted by molar-refractivity contribution is 0.171. The van der Waals surface area contributed by atoms with Gasteiger partial charge in [-0.3, -0.25) is 9.89 Å². The van der Waals surface area contributed by atoms with Crippen molar-refractivity contribution in [2.75, 3.05) is 74.6 Å². The first kappa shape index (κ1) is 28.8. The molecule has 0 bridgehead atoms. The zero-order valence-corrected chi connectivity index (χ0v) is 23.1. The Balaban J connectivity index is 0.00000512. The number of halogens is 1. The minimum Gasteiger partial charge on any atom is -0.497 e. The molecule has 1 aromatic rings. The summed E-state index contributed by atoms with van der Waals surface area (Å²) in [6.07, 6.45) is 6.44. The van der Waals surface area contributed by atoms with Gasteiger partial charge in [0.1, 0.15) is 11.5 Å². The molecule has 1 aliphatic heterocycles. The van der Waals surface area contributed by atoms with Gasteiger partial charge >= 0.3 is 0 Å². The Morgan fingerprint density at radius 3 is 2.31 bits per heavy atom. The molecule has 184 valence electrons. The van der Waals surface area contributed by atoms with Crippen LogP contribution in [0, 0.1) is 0 Å². The summed E-state index contributed by atoms with van der Waals surface area (Å²) in [7, 11) is 9.60. The van der Waals surface area contributed by atoms with Gasteiger partial charge < -0.3 is 24.6 Å². The Hall–Kier alpha value is -1.26. The molecule has 7 nitrogen and oxygen atoms in total. The van der Waals surface area contributed by atoms with E-state index in [1.165, 1.54) is 44.2 Å². The number of nitrogens with zero attached hydrogens (tertiary/aromatic N) is 4. The molecule has 1 N–H and O–H groups in total. The van der Waals surface area contributed by atoms with Crippen molar-refractivity contribution in [3.05, 3.63) is 23.8 Å². The van der Waals surface area contributed by atoms with Gasteiger partial charge in [-0.05, 0) is 51.7 Å². The van der Waals surface area contributed by atoms with E-state index in [-0.39, 0.29) is 24.0 Å². The summed E-state index contributed by atoms with van der Waals surface area (Å²) >= 11 is 0. The molecule has 2 rings (SSSR count). The van der Waals surface area contributed by atoms with E-state index in [9.17, 15) is 0 Å². The van der Waals surface area contributed by atoms with Gasteiger partial charge in [0.25, 0.3) is 0 Å². The van der Waals surface area contributed by atoms with Gasteiger partial charge in [-0.25, -0.2) is 0 Å². The molecule has 1 aromatic carbocycles. The van der Waals surface area contributed by atoms with Crippen LogP contribution in [-0.4, -0.2) is 95.3 Å². The number of rotatable bonds is 12. The van der Waals surface area contributed by atoms with E-state index in [1.807, 2.05) is 19.2 Å². The molecular weight excluding hydrogens is 517 g/mol. The molecule has 0 aliphatic carbocycles. The molecule has 1 saturated heterocycles. The van der Waals surface area contributed by atoms with Crippen molar-refractivity contribution in [2.45, 2.75) is 38.6 Å². The summed E-state index contributed by atoms with van der Waals surface area (Å²) < 4.78 is 10.9. The van der Waals surface area contributed by atoms with E-state index in [4.69, 9.17) is 9.47 Å². The molecule has 8 heteroatoms. The van der Waals surface area contributed by atoms with E-state index >= 15 is 0 Å². The van der Waals surface area contributed by atoms with E-state index in [0.717, 1.165) is 56.7 Å². The first-order valence-electron chi connectivity index (χ1n) is 11.6. The van der Waals surface area contributed by atoms with Crippen LogP contribution in [0.25, 0.3) is 0 Å². The lowest BCUT2D eigenvalue weighted by Gasteiger charge is -2.36. The Morgan fingerprint density at radius 1 is 1.00 bits per heavy atom. The fourth-order valence-corrected chi connectivity index (χ4v) is 3.98. The number of guanidine groups is 1. The molecule has 1 aliphatic rings. The number of hydrogen-bond acceptors (Lipinski definition) is 5. The van der Waals surface area contributed by atoms with Crippen LogP contribution in [0.4, 0.5) is 0 Å². The Morgan fingerprint density at radius 2 is 1.69 bits per heavy atom. The highest BCUT2D eigenvalue weighted by Gasteiger charge is 2.20. The van der Waals surface area contributed by atoms with Gasteiger partial charge in [-0.1, -0.05) is 19.3 Å². The molecule has 0 amide bonds. The summed E-state index contributed by atoms with van der Waals surface area (Å²) in [4.78, 5) is 11.6. The fraction of sp³-hybridized carbons (Fsp3) is 0.708. The number of piperazine rings is 1. The lowest BCUT2D eigenvalue weighted by Crippen LogP contribution is -2.52. The maximum atomic E-state index is 5.54. The van der Waals surface area contributed by atoms with Crippen molar-refractivity contribution < 1.29 is 9.47 Å². The fourth-order valence-electron chi connectivity index (χ4n) is 3.98. The van der Waals surface area contributed by atoms with Gasteiger partial charge in [0, 0.05) is 51.9 Å². The van der Waals surface area contributed by atoms with Crippen molar-refractivity contribution in [3.8, 4) is 11.5 Å². The van der Waals surface area contributed by atoms with Gasteiger partial charge in [0.05, 0.1) is 14.2 Å². The third-order valence-electron chi connectivity index (χ3n) is 5.83. The van der Waals surface area contributed by atoms with Gasteiger partial charge in [-0.2, -0.15) is 0 Å². The van der Waals surface area contributed by atoms with Crippen LogP contribution in [-0.2, 0) is 6.54 Å². The molecule has 0 unspecified atom stereocenters. The second-order valence-electron chi connectivity index (χ2n) is 8.49. The van der Waals surface area contributed by atoms with Crippen molar-refractivity contribution in [1.82, 2.24) is 20.0 Å². The number of aliphatic imine (C=N–C) groups is 1. The lowest BCUT2D eigenvalue weighted by atomic mass is 10.1. The van der Waals surface area contributed by atoms with Crippen LogP contribution in [0.2, 0.25) is 0 Å². The van der Waals surface area contributed by atoms with Crippen LogP contribution in [0.3, 0.4) is 0 Å². The molecule has 1 heterocycles. The van der Waals surface area contributed by atoms with Crippen molar-refractivity contribution >= 4 is 29.9 Å². The molecule has 32 heavy (non-hydrogen) atoms. The number of hydrogen-bond donors (Lipinski definition) is 1. The Labute approximate surface area is 212 Å². The third kappa shape index (κ3) is 10.1. The van der Waals surface area contributed by atoms with Crippen molar-refractivity contribution in [2.24, 2.45) is 4.99 Å². The number of methoxy groups -OCH3 is 2. The highest BCUT2D eigenvalue weighted by atomic mass is 127. The quantitative estimate of drug-likeness (QED) is 0.183. The zero-order chi connectivity index (χ0) is 22.5. The van der Waals surface area contributed by atoms with E-state index in [2.05, 4.69) is 45.2 Å². The topological polar surface area (TPSA) is 52.6 Å². The smallest absolute Gasteiger partial charge is 0.193 e. The maximum absolute atomic E-state index is 5.54. The van der Waals surface area contributed by atoms with Gasteiger partial charge in [-0.15, -0.1) is 24.0 Å². The number of benzene rings is 1. The Bertz CT molecular complexity index is 664. The number of unbranched alkanes of at least 4 members (excludes halogenated alkanes) is 4. The van der Waals surface area contributed by atoms with Crippen LogP contribution in [0.15, 0.2) is 23.2 Å². The number of nitrogens with one attached hydrogen (secondary N) is 1. The monoisotopic (exact) mass is 561 g/mol. The predicted molar refractivity (Wildman–Crippen MR) is 145 cm³/mol. The van der Waals surface area contributed by atoms with Crippen LogP contribution in [0.5, 0.6) is 11.5 Å². The van der Waals surface area contributed by atoms with Crippen molar-refractivity contribution in [3.63, 3.8) is 0 Å². The summed E-state index contributed by atoms with van der Waals surface area (Å²) in [6.45, 7) is 7.05. The van der Waals surface area contributed by atoms with Crippen LogP contribution < -0.4 is 14.8 Å². The van der Waals surface area contributed by atoms with Crippen LogP contribution >= 0.6 is 24.0 Å². The summed E-state index contributed by atoms with van der Waals surface area (Å²) in [5.41, 5.74) is 1.17. The largest absolute Gasteiger partial charge is 0.497 e. The molecule has 0 radical (unpaired) electrons. The van der Waals surface area contributed by atoms with Gasteiger partial charge in [0.15, 0.2) is 5.96 Å². The highest BCUT2D eigenvalue weighted by Crippen LogP contribution is 2.25. The van der Waals surface area contributed by atoms with E-state index in [1.54, 1.807) is 14.2 Å². The molecule has 1 fully saturated rings. The molecular formula is C24H44IN5O2. The first-order chi connectivity index (χ1) is 15.1. The zero-order valence-electron chi connectivity index (χ0n) is 20.7. The SMILES string of the molecule is CN=C(NCCCCCCCN(C)C)N1CCN(Cc2cc(OC)ccc2OC)CC1.I. The molecule has 0 spiro atoms. The maximum Gasteiger partial charge on any atom is 0.193 e. The summed E-state index contributed by atoms with van der Waals surface area (Å²) in [5, 5.41) is 3.56. The summed E-state index contributed by atoms with van der Waals surface area (Å²) in [6, 6.07) is 6.00. The average Bonchev–Trinajstić information content (AvgIpc) is 2.78. The molecule has 0 atom stereocenters. The first-order valence-corrected chi connectivity index (χ1v) is 11.6. The van der Waals surface area contributed by atoms with Gasteiger partial charge in [0.2, 0.25) is 0 Å². The van der Waals surface area contributed by atoms with E-state index in [0.29, 0.717) is 0 Å². The van der Waals surface area contributed by atoms with Crippen LogP contribution in [0.1, 0.15) is 37.7 Å². The summed E-state index contributed by atoms with van der Waals surface area (Å²) in [5.74, 6) is 2.82. The predicted octanol–water partition coefficient (Wildman–Crippen LogP) is 3.53. The second kappa shape index (κ2) is 16.4. The standard InChI is InChI=1S/C24H43N5O2.HI/c1-25-24(26-13-9-7-6-8-10-14-27(2)3)29-17-15-28(16-18-29)20-21-19-22(30-4)11-12-23(21)31-5;/h11-12,19H,6-10,13-18,20H2,1-5H3,(H,25,26);1H. The Kier molecular flexibility index (Phi) is 14.7. The average molecular weight is 562 g/mol. The number of ether oxygens (including phenoxy) is 2.